The number of rotatable bonds is 5. The maximum absolute atomic E-state index is 2.77. The first-order valence-corrected chi connectivity index (χ1v) is 34.8. The van der Waals surface area contributed by atoms with Crippen molar-refractivity contribution < 1.29 is 0 Å². The molecule has 4 heteroatoms. The minimum Gasteiger partial charge on any atom is -0.311 e. The highest BCUT2D eigenvalue weighted by atomic mass is 15.2. The average molecular weight is 1200 g/mol. The Morgan fingerprint density at radius 3 is 1.09 bits per heavy atom. The molecule has 0 saturated heterocycles. The van der Waals surface area contributed by atoms with Gasteiger partial charge in [0.25, 0.3) is 6.71 Å². The van der Waals surface area contributed by atoms with Crippen molar-refractivity contribution >= 4 is 74.3 Å². The van der Waals surface area contributed by atoms with Gasteiger partial charge in [-0.2, -0.15) is 0 Å². The molecule has 0 radical (unpaired) electrons. The first-order chi connectivity index (χ1) is 42.2. The maximum Gasteiger partial charge on any atom is 0.252 e. The predicted octanol–water partition coefficient (Wildman–Crippen LogP) is 22.5. The van der Waals surface area contributed by atoms with Crippen molar-refractivity contribution in [2.45, 2.75) is 252 Å². The molecule has 0 amide bonds. The van der Waals surface area contributed by atoms with Crippen LogP contribution in [0.15, 0.2) is 140 Å². The minimum atomic E-state index is -0.168. The smallest absolute Gasteiger partial charge is 0.252 e. The molecule has 470 valence electrons. The summed E-state index contributed by atoms with van der Waals surface area (Å²) in [7, 11) is 0. The zero-order chi connectivity index (χ0) is 65.2. The lowest BCUT2D eigenvalue weighted by molar-refractivity contribution is 0.332. The molecule has 6 aliphatic rings. The molecular formula is C87H104BN3. The van der Waals surface area contributed by atoms with E-state index in [0.717, 1.165) is 49.2 Å². The quantitative estimate of drug-likeness (QED) is 0.159. The van der Waals surface area contributed by atoms with Crippen molar-refractivity contribution in [3.8, 4) is 11.1 Å². The standard InChI is InChI=1S/C87H104BN3/c1-78(2,3)53-24-29-56(30-25-53)89(57-31-26-54(27-32-57)79(4,5)6)60-47-75-77-76(48-60)91(59-34-37-64-66(46-59)82(12,13)39-38-81(64,10)11)74-52-70-68(84(16,17)41-43-86(70,20)21)50-72(74)88(77)71-49-67-69(85(18,19)42-40-83(67,14)15)51-73(71)90(75)58-33-36-63-62(45-58)61-35-28-55(80(7,8)9)44-65(61)87(63,22)23/h24-37,44-52H,38-43H2,1-23H3. The van der Waals surface area contributed by atoms with E-state index in [9.17, 15) is 0 Å². The molecule has 0 atom stereocenters. The van der Waals surface area contributed by atoms with Gasteiger partial charge in [0.05, 0.1) is 5.69 Å². The van der Waals surface area contributed by atoms with Crippen LogP contribution in [0.25, 0.3) is 11.1 Å². The SMILES string of the molecule is CC(C)(C)c1ccc(N(c2ccc(C(C)(C)C)cc2)c2cc3c4c(c2)N(c2ccc5c(c2)C(C)(C)CCC5(C)C)c2cc5c(cc2B4c2cc4c(cc2N3c2ccc3c(c2)-c2ccc(C(C)(C)C)cc2C3(C)C)C(C)(C)CCC4(C)C)C(C)(C)CCC5(C)C)cc1. The molecule has 2 heterocycles. The normalized spacial score (nSPS) is 19.7. The third-order valence-corrected chi connectivity index (χ3v) is 24.1. The van der Waals surface area contributed by atoms with Crippen molar-refractivity contribution in [2.24, 2.45) is 0 Å². The summed E-state index contributed by atoms with van der Waals surface area (Å²) in [6.07, 6.45) is 6.92. The van der Waals surface area contributed by atoms with E-state index in [1.807, 2.05) is 0 Å². The highest BCUT2D eigenvalue weighted by Crippen LogP contribution is 2.58. The molecule has 2 aliphatic heterocycles. The predicted molar refractivity (Wildman–Crippen MR) is 395 cm³/mol. The molecule has 0 bridgehead atoms. The summed E-state index contributed by atoms with van der Waals surface area (Å²) in [4.78, 5) is 8.12. The summed E-state index contributed by atoms with van der Waals surface area (Å²) in [5, 5.41) is 0. The van der Waals surface area contributed by atoms with Crippen LogP contribution in [0.1, 0.15) is 259 Å². The van der Waals surface area contributed by atoms with Crippen LogP contribution < -0.4 is 31.1 Å². The fourth-order valence-electron chi connectivity index (χ4n) is 17.5. The summed E-state index contributed by atoms with van der Waals surface area (Å²) in [5.41, 5.74) is 33.6. The Kier molecular flexibility index (Phi) is 13.3. The van der Waals surface area contributed by atoms with Crippen LogP contribution in [0.3, 0.4) is 0 Å². The maximum atomic E-state index is 2.77. The van der Waals surface area contributed by atoms with E-state index in [-0.39, 0.29) is 60.9 Å². The van der Waals surface area contributed by atoms with Gasteiger partial charge in [0.15, 0.2) is 0 Å². The second kappa shape index (κ2) is 19.6. The van der Waals surface area contributed by atoms with E-state index in [0.29, 0.717) is 0 Å². The van der Waals surface area contributed by atoms with Crippen LogP contribution in [0.5, 0.6) is 0 Å². The van der Waals surface area contributed by atoms with Gasteiger partial charge in [0.2, 0.25) is 0 Å². The van der Waals surface area contributed by atoms with Crippen LogP contribution in [0, 0.1) is 0 Å². The van der Waals surface area contributed by atoms with Crippen molar-refractivity contribution in [1.82, 2.24) is 0 Å². The van der Waals surface area contributed by atoms with Gasteiger partial charge in [-0.1, -0.05) is 226 Å². The molecule has 0 spiro atoms. The van der Waals surface area contributed by atoms with Gasteiger partial charge in [-0.15, -0.1) is 0 Å². The monoisotopic (exact) mass is 1200 g/mol. The molecule has 4 aliphatic carbocycles. The summed E-state index contributed by atoms with van der Waals surface area (Å²) in [5.74, 6) is 0. The Bertz CT molecular complexity index is 4270. The lowest BCUT2D eigenvalue weighted by atomic mass is 9.32. The topological polar surface area (TPSA) is 9.72 Å². The van der Waals surface area contributed by atoms with Gasteiger partial charge in [-0.3, -0.25) is 0 Å². The van der Waals surface area contributed by atoms with Crippen molar-refractivity contribution in [3.63, 3.8) is 0 Å². The summed E-state index contributed by atoms with van der Waals surface area (Å²) >= 11 is 0. The lowest BCUT2D eigenvalue weighted by Gasteiger charge is -2.49. The first kappa shape index (κ1) is 61.7. The molecule has 8 aromatic rings. The minimum absolute atomic E-state index is 0.00177. The summed E-state index contributed by atoms with van der Waals surface area (Å²) < 4.78 is 0. The van der Waals surface area contributed by atoms with Gasteiger partial charge in [0, 0.05) is 50.9 Å². The number of hydrogen-bond acceptors (Lipinski definition) is 3. The molecule has 0 saturated carbocycles. The Balaban J connectivity index is 1.15. The van der Waals surface area contributed by atoms with E-state index < -0.39 is 0 Å². The molecule has 0 fully saturated rings. The van der Waals surface area contributed by atoms with Gasteiger partial charge < -0.3 is 14.7 Å². The van der Waals surface area contributed by atoms with Crippen LogP contribution in [-0.4, -0.2) is 6.71 Å². The third kappa shape index (κ3) is 9.59. The molecule has 8 aromatic carbocycles. The molecule has 0 aromatic heterocycles. The van der Waals surface area contributed by atoms with Gasteiger partial charge >= 0.3 is 0 Å². The number of anilines is 9. The van der Waals surface area contributed by atoms with Crippen LogP contribution in [0.2, 0.25) is 0 Å². The Morgan fingerprint density at radius 1 is 0.308 bits per heavy atom. The van der Waals surface area contributed by atoms with E-state index in [1.165, 1.54) is 129 Å². The molecular weight excluding hydrogens is 1100 g/mol. The molecule has 0 N–H and O–H groups in total. The van der Waals surface area contributed by atoms with Crippen LogP contribution in [-0.2, 0) is 54.1 Å². The number of benzene rings is 8. The largest absolute Gasteiger partial charge is 0.311 e. The van der Waals surface area contributed by atoms with E-state index in [1.54, 1.807) is 0 Å². The average Bonchev–Trinajstić information content (AvgIpc) is 0.810. The first-order valence-electron chi connectivity index (χ1n) is 34.8. The number of hydrogen-bond donors (Lipinski definition) is 0. The van der Waals surface area contributed by atoms with Crippen molar-refractivity contribution in [1.29, 1.82) is 0 Å². The van der Waals surface area contributed by atoms with Crippen molar-refractivity contribution in [2.75, 3.05) is 14.7 Å². The molecule has 3 nitrogen and oxygen atoms in total. The highest BCUT2D eigenvalue weighted by Gasteiger charge is 2.50. The second-order valence-corrected chi connectivity index (χ2v) is 36.7. The third-order valence-electron chi connectivity index (χ3n) is 24.1. The molecule has 91 heavy (non-hydrogen) atoms. The fourth-order valence-corrected chi connectivity index (χ4v) is 17.5. The summed E-state index contributed by atoms with van der Waals surface area (Å²) in [6.45, 7) is 56.0. The zero-order valence-corrected chi connectivity index (χ0v) is 59.9. The van der Waals surface area contributed by atoms with Crippen LogP contribution in [0.4, 0.5) is 51.2 Å². The van der Waals surface area contributed by atoms with Gasteiger partial charge in [0.1, 0.15) is 0 Å². The van der Waals surface area contributed by atoms with Crippen LogP contribution >= 0.6 is 0 Å². The molecule has 14 rings (SSSR count). The van der Waals surface area contributed by atoms with E-state index >= 15 is 0 Å². The van der Waals surface area contributed by atoms with Crippen molar-refractivity contribution in [3.05, 3.63) is 201 Å². The summed E-state index contributed by atoms with van der Waals surface area (Å²) in [6, 6.07) is 57.8. The highest BCUT2D eigenvalue weighted by molar-refractivity contribution is 7.00. The fraction of sp³-hybridized carbons (Fsp3) is 0.448. The zero-order valence-electron chi connectivity index (χ0n) is 59.9. The van der Waals surface area contributed by atoms with E-state index in [2.05, 4.69) is 313 Å². The second-order valence-electron chi connectivity index (χ2n) is 36.7. The van der Waals surface area contributed by atoms with Gasteiger partial charge in [-0.05, 0) is 249 Å². The van der Waals surface area contributed by atoms with E-state index in [4.69, 9.17) is 0 Å². The lowest BCUT2D eigenvalue weighted by Crippen LogP contribution is -2.62. The Labute approximate surface area is 549 Å². The number of nitrogens with zero attached hydrogens (tertiary/aromatic N) is 3. The Hall–Kier alpha value is -6.78. The van der Waals surface area contributed by atoms with Gasteiger partial charge in [-0.25, -0.2) is 0 Å². The number of fused-ring (bicyclic) bond motifs is 10. The Morgan fingerprint density at radius 2 is 0.670 bits per heavy atom. The molecule has 0 unspecified atom stereocenters.